The van der Waals surface area contributed by atoms with Gasteiger partial charge in [0.2, 0.25) is 0 Å². The van der Waals surface area contributed by atoms with Gasteiger partial charge in [-0.05, 0) is 13.0 Å². The van der Waals surface area contributed by atoms with Crippen LogP contribution in [0.5, 0.6) is 0 Å². The zero-order chi connectivity index (χ0) is 9.52. The highest BCUT2D eigenvalue weighted by Gasteiger charge is 2.05. The standard InChI is InChI=1S/C12H16Si/c1-3-5-11-13(4-2)12-9-7-6-8-10-12/h3-10,13H,2,11H2,1H3. The first-order valence-corrected chi connectivity index (χ1v) is 6.73. The van der Waals surface area contributed by atoms with Crippen molar-refractivity contribution in [3.63, 3.8) is 0 Å². The van der Waals surface area contributed by atoms with Gasteiger partial charge in [0.05, 0.1) is 8.80 Å². The van der Waals surface area contributed by atoms with E-state index in [4.69, 9.17) is 0 Å². The molecule has 1 atom stereocenters. The van der Waals surface area contributed by atoms with E-state index < -0.39 is 8.80 Å². The fourth-order valence-electron chi connectivity index (χ4n) is 1.35. The van der Waals surface area contributed by atoms with Crippen LogP contribution in [0.3, 0.4) is 0 Å². The van der Waals surface area contributed by atoms with Crippen molar-refractivity contribution >= 4 is 14.0 Å². The number of rotatable bonds is 4. The molecule has 0 spiro atoms. The van der Waals surface area contributed by atoms with Gasteiger partial charge >= 0.3 is 0 Å². The van der Waals surface area contributed by atoms with Crippen LogP contribution in [-0.2, 0) is 0 Å². The van der Waals surface area contributed by atoms with Gasteiger partial charge in [0.1, 0.15) is 0 Å². The summed E-state index contributed by atoms with van der Waals surface area (Å²) in [5.41, 5.74) is 2.15. The molecule has 0 fully saturated rings. The third kappa shape index (κ3) is 3.03. The topological polar surface area (TPSA) is 0 Å². The number of allylic oxidation sites excluding steroid dienone is 2. The molecule has 0 aliphatic carbocycles. The molecule has 0 amide bonds. The van der Waals surface area contributed by atoms with Crippen LogP contribution in [0.15, 0.2) is 54.8 Å². The summed E-state index contributed by atoms with van der Waals surface area (Å²) in [4.78, 5) is 0. The minimum Gasteiger partial charge on any atom is -0.107 e. The van der Waals surface area contributed by atoms with Crippen LogP contribution in [0.25, 0.3) is 0 Å². The lowest BCUT2D eigenvalue weighted by molar-refractivity contribution is 1.58. The number of benzene rings is 1. The van der Waals surface area contributed by atoms with Crippen molar-refractivity contribution < 1.29 is 0 Å². The molecule has 0 radical (unpaired) electrons. The molecule has 0 nitrogen and oxygen atoms in total. The van der Waals surface area contributed by atoms with E-state index in [0.717, 1.165) is 0 Å². The Labute approximate surface area is 82.2 Å². The summed E-state index contributed by atoms with van der Waals surface area (Å²) in [6.07, 6.45) is 4.36. The van der Waals surface area contributed by atoms with Crippen LogP contribution in [0.4, 0.5) is 0 Å². The van der Waals surface area contributed by atoms with Gasteiger partial charge in [-0.15, -0.1) is 6.58 Å². The van der Waals surface area contributed by atoms with E-state index in [0.29, 0.717) is 0 Å². The van der Waals surface area contributed by atoms with Crippen molar-refractivity contribution in [3.8, 4) is 0 Å². The lowest BCUT2D eigenvalue weighted by atomic mass is 10.4. The molecule has 68 valence electrons. The van der Waals surface area contributed by atoms with Crippen LogP contribution in [0.2, 0.25) is 6.04 Å². The first-order valence-electron chi connectivity index (χ1n) is 4.67. The molecule has 1 rings (SSSR count). The predicted molar refractivity (Wildman–Crippen MR) is 63.0 cm³/mol. The summed E-state index contributed by atoms with van der Waals surface area (Å²) in [7, 11) is -0.912. The quantitative estimate of drug-likeness (QED) is 0.503. The maximum atomic E-state index is 3.92. The van der Waals surface area contributed by atoms with E-state index in [1.54, 1.807) is 0 Å². The highest BCUT2D eigenvalue weighted by molar-refractivity contribution is 6.78. The van der Waals surface area contributed by atoms with Crippen molar-refractivity contribution in [2.75, 3.05) is 0 Å². The summed E-state index contributed by atoms with van der Waals surface area (Å²) in [5.74, 6) is 0. The van der Waals surface area contributed by atoms with Crippen LogP contribution in [0.1, 0.15) is 6.92 Å². The Balaban J connectivity index is 2.72. The summed E-state index contributed by atoms with van der Waals surface area (Å²) in [5, 5.41) is 1.48. The minimum absolute atomic E-state index is 0.912. The van der Waals surface area contributed by atoms with E-state index in [1.165, 1.54) is 11.2 Å². The first kappa shape index (κ1) is 10.0. The Morgan fingerprint density at radius 1 is 1.31 bits per heavy atom. The summed E-state index contributed by atoms with van der Waals surface area (Å²) in [6, 6.07) is 11.9. The lowest BCUT2D eigenvalue weighted by Gasteiger charge is -2.07. The fourth-order valence-corrected chi connectivity index (χ4v) is 3.37. The van der Waals surface area contributed by atoms with Crippen molar-refractivity contribution in [2.24, 2.45) is 0 Å². The highest BCUT2D eigenvalue weighted by atomic mass is 28.3. The van der Waals surface area contributed by atoms with Gasteiger partial charge < -0.3 is 0 Å². The van der Waals surface area contributed by atoms with Gasteiger partial charge in [0, 0.05) is 0 Å². The average molecular weight is 188 g/mol. The number of hydrogen-bond acceptors (Lipinski definition) is 0. The monoisotopic (exact) mass is 188 g/mol. The molecule has 1 aromatic rings. The fraction of sp³-hybridized carbons (Fsp3) is 0.167. The molecule has 1 aromatic carbocycles. The largest absolute Gasteiger partial charge is 0.107 e. The Kier molecular flexibility index (Phi) is 4.26. The van der Waals surface area contributed by atoms with E-state index in [2.05, 4.69) is 61.7 Å². The smallest absolute Gasteiger partial charge is 0.0971 e. The molecule has 0 saturated heterocycles. The normalized spacial score (nSPS) is 13.0. The molecule has 1 heteroatoms. The second-order valence-corrected chi connectivity index (χ2v) is 5.88. The highest BCUT2D eigenvalue weighted by Crippen LogP contribution is 1.97. The molecule has 0 aliphatic rings. The Bertz CT molecular complexity index is 274. The average Bonchev–Trinajstić information content (AvgIpc) is 2.21. The molecule has 0 N–H and O–H groups in total. The molecule has 1 unspecified atom stereocenters. The Hall–Kier alpha value is -1.08. The van der Waals surface area contributed by atoms with E-state index in [9.17, 15) is 0 Å². The maximum absolute atomic E-state index is 3.92. The molecule has 0 bridgehead atoms. The first-order chi connectivity index (χ1) is 6.38. The summed E-state index contributed by atoms with van der Waals surface area (Å²) >= 11 is 0. The second-order valence-electron chi connectivity index (χ2n) is 3.06. The minimum atomic E-state index is -0.912. The van der Waals surface area contributed by atoms with E-state index in [1.807, 2.05) is 0 Å². The Morgan fingerprint density at radius 3 is 2.54 bits per heavy atom. The molecule has 0 aromatic heterocycles. The molecular weight excluding hydrogens is 172 g/mol. The van der Waals surface area contributed by atoms with Gasteiger partial charge in [-0.2, -0.15) is 0 Å². The predicted octanol–water partition coefficient (Wildman–Crippen LogP) is 2.42. The van der Waals surface area contributed by atoms with E-state index >= 15 is 0 Å². The summed E-state index contributed by atoms with van der Waals surface area (Å²) < 4.78 is 0. The van der Waals surface area contributed by atoms with Crippen molar-refractivity contribution in [1.29, 1.82) is 0 Å². The van der Waals surface area contributed by atoms with Gasteiger partial charge in [0.25, 0.3) is 0 Å². The number of hydrogen-bond donors (Lipinski definition) is 0. The van der Waals surface area contributed by atoms with Crippen LogP contribution in [-0.4, -0.2) is 8.80 Å². The molecule has 0 aliphatic heterocycles. The van der Waals surface area contributed by atoms with Gasteiger partial charge in [0.15, 0.2) is 0 Å². The van der Waals surface area contributed by atoms with Crippen LogP contribution >= 0.6 is 0 Å². The third-order valence-electron chi connectivity index (χ3n) is 2.14. The van der Waals surface area contributed by atoms with Crippen molar-refractivity contribution in [3.05, 3.63) is 54.8 Å². The van der Waals surface area contributed by atoms with Crippen LogP contribution < -0.4 is 5.19 Å². The molecular formula is C12H16Si. The van der Waals surface area contributed by atoms with Crippen molar-refractivity contribution in [1.82, 2.24) is 0 Å². The lowest BCUT2D eigenvalue weighted by Crippen LogP contribution is -2.26. The SMILES string of the molecule is C=C[SiH](CC=CC)c1ccccc1. The van der Waals surface area contributed by atoms with Gasteiger partial charge in [-0.25, -0.2) is 0 Å². The second kappa shape index (κ2) is 5.54. The van der Waals surface area contributed by atoms with Crippen molar-refractivity contribution in [2.45, 2.75) is 13.0 Å². The zero-order valence-electron chi connectivity index (χ0n) is 8.11. The Morgan fingerprint density at radius 2 is 2.00 bits per heavy atom. The maximum Gasteiger partial charge on any atom is 0.0971 e. The van der Waals surface area contributed by atoms with Crippen LogP contribution in [0, 0.1) is 0 Å². The third-order valence-corrected chi connectivity index (χ3v) is 4.73. The molecule has 0 heterocycles. The van der Waals surface area contributed by atoms with E-state index in [-0.39, 0.29) is 0 Å². The molecule has 0 saturated carbocycles. The molecule has 13 heavy (non-hydrogen) atoms. The zero-order valence-corrected chi connectivity index (χ0v) is 9.27. The summed E-state index contributed by atoms with van der Waals surface area (Å²) in [6.45, 7) is 5.99. The van der Waals surface area contributed by atoms with Gasteiger partial charge in [-0.3, -0.25) is 0 Å². The van der Waals surface area contributed by atoms with Gasteiger partial charge in [-0.1, -0.05) is 53.4 Å².